The molecule has 24 heteroatoms. The third kappa shape index (κ3) is 13.8. The van der Waals surface area contributed by atoms with Gasteiger partial charge in [-0.1, -0.05) is 51.1 Å². The zero-order valence-electron chi connectivity index (χ0n) is 45.7. The Morgan fingerprint density at radius 1 is 0.963 bits per heavy atom. The number of aliphatic hydroxyl groups is 1. The molecule has 0 bridgehead atoms. The molecule has 22 nitrogen and oxygen atoms in total. The zero-order valence-corrected chi connectivity index (χ0v) is 46.6. The second kappa shape index (κ2) is 25.8. The largest absolute Gasteiger partial charge is 0.495 e. The minimum absolute atomic E-state index is 0.00324. The van der Waals surface area contributed by atoms with Gasteiger partial charge in [-0.3, -0.25) is 28.8 Å². The Morgan fingerprint density at radius 2 is 1.71 bits per heavy atom. The highest BCUT2D eigenvalue weighted by Gasteiger charge is 2.44. The summed E-state index contributed by atoms with van der Waals surface area (Å²) >= 11 is 1.56. The second-order valence-corrected chi connectivity index (χ2v) is 21.4. The number of nitrogens with one attached hydrogen (secondary N) is 6. The number of β-amino-alcohol motifs (C(OH)–C–C–N with tert-alkyl or cyclic N) is 1. The summed E-state index contributed by atoms with van der Waals surface area (Å²) in [5.74, 6) is -2.35. The Morgan fingerprint density at radius 3 is 2.41 bits per heavy atom. The van der Waals surface area contributed by atoms with E-state index in [9.17, 15) is 38.3 Å². The number of aliphatic hydroxyl groups excluding tert-OH is 1. The number of benzene rings is 3. The lowest BCUT2D eigenvalue weighted by Crippen LogP contribution is -2.57. The fraction of sp³-hybridized carbons (Fsp3) is 0.411. The number of rotatable bonds is 23. The number of methoxy groups -OCH3 is 1. The van der Waals surface area contributed by atoms with Crippen LogP contribution in [-0.4, -0.2) is 156 Å². The van der Waals surface area contributed by atoms with Crippen LogP contribution in [0.25, 0.3) is 21.5 Å². The van der Waals surface area contributed by atoms with E-state index >= 15 is 0 Å². The van der Waals surface area contributed by atoms with Crippen LogP contribution in [-0.2, 0) is 46.4 Å². The molecular formula is C56H67FN12O10S. The van der Waals surface area contributed by atoms with Gasteiger partial charge in [-0.05, 0) is 65.8 Å². The molecule has 6 aromatic rings. The number of likely N-dealkylation sites (tertiary alicyclic amines) is 1. The van der Waals surface area contributed by atoms with Gasteiger partial charge in [0.1, 0.15) is 35.1 Å². The number of hydrogen-bond donors (Lipinski definition) is 7. The normalized spacial score (nSPS) is 15.3. The number of aromatic nitrogens is 4. The molecule has 3 aromatic heterocycles. The number of halogens is 1. The Kier molecular flexibility index (Phi) is 18.7. The molecule has 1 unspecified atom stereocenters. The highest BCUT2D eigenvalue weighted by atomic mass is 32.1. The molecule has 8 rings (SSSR count). The maximum absolute atomic E-state index is 14.8. The van der Waals surface area contributed by atoms with Crippen molar-refractivity contribution in [3.05, 3.63) is 101 Å². The number of amides is 6. The topological polar surface area (TPSA) is 275 Å². The van der Waals surface area contributed by atoms with E-state index in [1.807, 2.05) is 58.0 Å². The van der Waals surface area contributed by atoms with Crippen LogP contribution in [0.2, 0.25) is 0 Å². The van der Waals surface area contributed by atoms with Crippen LogP contribution in [0, 0.1) is 18.2 Å². The van der Waals surface area contributed by atoms with Crippen LogP contribution in [0.3, 0.4) is 0 Å². The first-order valence-electron chi connectivity index (χ1n) is 26.2. The number of nitrogens with zero attached hydrogens (tertiary/aromatic N) is 6. The number of fused-ring (bicyclic) bond motifs is 2. The van der Waals surface area contributed by atoms with Gasteiger partial charge in [0.05, 0.1) is 91.0 Å². The lowest BCUT2D eigenvalue weighted by atomic mass is 9.85. The molecule has 2 aliphatic heterocycles. The number of thiazole rings is 1. The van der Waals surface area contributed by atoms with Crippen LogP contribution in [0.5, 0.6) is 5.75 Å². The number of H-pyrrole nitrogens is 1. The van der Waals surface area contributed by atoms with Crippen molar-refractivity contribution in [3.8, 4) is 16.2 Å². The molecule has 3 aromatic carbocycles. The van der Waals surface area contributed by atoms with Crippen LogP contribution in [0.1, 0.15) is 67.2 Å². The van der Waals surface area contributed by atoms with Gasteiger partial charge in [0.2, 0.25) is 35.5 Å². The zero-order chi connectivity index (χ0) is 57.3. The van der Waals surface area contributed by atoms with E-state index in [2.05, 4.69) is 46.5 Å². The number of carbonyl (C=O) groups is 6. The summed E-state index contributed by atoms with van der Waals surface area (Å²) < 4.78 is 31.8. The van der Waals surface area contributed by atoms with Gasteiger partial charge in [0, 0.05) is 58.5 Å². The van der Waals surface area contributed by atoms with Gasteiger partial charge < -0.3 is 65.6 Å². The SMILES string of the molecule is CNC(=O)c1c(F)cccc1Nc1nc(Nc2cc3c(cc2OC)CCN3C(=O)CN(C)C(=O)CCOCCOCCC(=O)NC(C(=O)N2C[C@H](O)C[C@H]2C(=O)NCc2ccc(-c3scnc3C)cc2)C(C)(C)C)nc2[nH]ccc12. The standard InChI is InChI=1S/C56H67FN12O10S/c1-32-48(80-31-61-32)34-13-11-33(12-14-34)28-60-52(74)42-26-36(70)29-69(42)54(76)49(56(2,3)4)64-44(71)17-21-78-23-24-79-22-18-45(72)67(6)30-46(73)68-20-16-35-25-43(77-7)40(27-41(35)68)63-55-65-50-37(15-19-59-50)51(66-55)62-39-10-8-9-38(57)47(39)53(75)58-5/h8-15,19,25,27,31,36,42,49,70H,16-18,20-24,26,28-30H2,1-7H3,(H,58,75)(H,60,74)(H,64,71)(H3,59,62,63,65,66)/t36-,42+,49?/m1/s1. The minimum atomic E-state index is -0.991. The molecule has 5 heterocycles. The fourth-order valence-electron chi connectivity index (χ4n) is 9.49. The molecule has 1 fully saturated rings. The summed E-state index contributed by atoms with van der Waals surface area (Å²) in [4.78, 5) is 102. The first-order valence-corrected chi connectivity index (χ1v) is 27.1. The van der Waals surface area contributed by atoms with Gasteiger partial charge in [-0.25, -0.2) is 9.37 Å². The second-order valence-electron chi connectivity index (χ2n) is 20.5. The Bertz CT molecular complexity index is 3240. The molecule has 0 aliphatic carbocycles. The fourth-order valence-corrected chi connectivity index (χ4v) is 10.3. The van der Waals surface area contributed by atoms with Gasteiger partial charge in [-0.2, -0.15) is 9.97 Å². The van der Waals surface area contributed by atoms with E-state index in [1.54, 1.807) is 53.2 Å². The van der Waals surface area contributed by atoms with Crippen molar-refractivity contribution >= 4 is 86.6 Å². The lowest BCUT2D eigenvalue weighted by molar-refractivity contribution is -0.144. The number of anilines is 5. The van der Waals surface area contributed by atoms with Crippen molar-refractivity contribution in [2.75, 3.05) is 82.8 Å². The van der Waals surface area contributed by atoms with Crippen LogP contribution in [0.15, 0.2) is 72.4 Å². The minimum Gasteiger partial charge on any atom is -0.495 e. The number of likely N-dealkylation sites (N-methyl/N-ethyl adjacent to an activating group) is 1. The average molecular weight is 1120 g/mol. The molecule has 7 N–H and O–H groups in total. The maximum atomic E-state index is 14.8. The maximum Gasteiger partial charge on any atom is 0.256 e. The molecule has 3 atom stereocenters. The Hall–Kier alpha value is -8.06. The van der Waals surface area contributed by atoms with Crippen LogP contribution in [0.4, 0.5) is 33.2 Å². The molecule has 6 amide bonds. The Balaban J connectivity index is 0.761. The summed E-state index contributed by atoms with van der Waals surface area (Å²) in [7, 11) is 4.47. The number of aryl methyl sites for hydroxylation is 1. The van der Waals surface area contributed by atoms with Crippen LogP contribution >= 0.6 is 11.3 Å². The molecule has 424 valence electrons. The number of carbonyl (C=O) groups excluding carboxylic acids is 6. The van der Waals surface area contributed by atoms with Crippen molar-refractivity contribution in [3.63, 3.8) is 0 Å². The van der Waals surface area contributed by atoms with E-state index in [1.165, 1.54) is 36.1 Å². The summed E-state index contributed by atoms with van der Waals surface area (Å²) in [5, 5.41) is 25.7. The summed E-state index contributed by atoms with van der Waals surface area (Å²) in [6, 6.07) is 15.5. The molecule has 80 heavy (non-hydrogen) atoms. The first-order chi connectivity index (χ1) is 38.3. The van der Waals surface area contributed by atoms with E-state index < -0.39 is 53.0 Å². The predicted molar refractivity (Wildman–Crippen MR) is 299 cm³/mol. The van der Waals surface area contributed by atoms with E-state index in [0.29, 0.717) is 41.1 Å². The third-order valence-corrected chi connectivity index (χ3v) is 14.8. The molecule has 0 saturated carbocycles. The number of ether oxygens (including phenoxy) is 3. The molecule has 1 saturated heterocycles. The van der Waals surface area contributed by atoms with Crippen LogP contribution < -0.4 is 36.2 Å². The quantitative estimate of drug-likeness (QED) is 0.0398. The Labute approximate surface area is 466 Å². The average Bonchev–Trinajstić information content (AvgIpc) is 4.30. The molecular weight excluding hydrogens is 1050 g/mol. The molecule has 0 spiro atoms. The monoisotopic (exact) mass is 1120 g/mol. The predicted octanol–water partition coefficient (Wildman–Crippen LogP) is 5.35. The molecule has 0 radical (unpaired) electrons. The van der Waals surface area contributed by atoms with E-state index in [4.69, 9.17) is 14.2 Å². The van der Waals surface area contributed by atoms with E-state index in [0.717, 1.165) is 27.3 Å². The van der Waals surface area contributed by atoms with Gasteiger partial charge in [-0.15, -0.1) is 11.3 Å². The van der Waals surface area contributed by atoms with Crippen molar-refractivity contribution < 1.29 is 52.5 Å². The highest BCUT2D eigenvalue weighted by molar-refractivity contribution is 7.13. The summed E-state index contributed by atoms with van der Waals surface area (Å²) in [6.07, 6.45) is 1.33. The van der Waals surface area contributed by atoms with Crippen molar-refractivity contribution in [1.82, 2.24) is 45.7 Å². The number of aromatic amines is 1. The van der Waals surface area contributed by atoms with Crippen molar-refractivity contribution in [1.29, 1.82) is 0 Å². The van der Waals surface area contributed by atoms with Crippen molar-refractivity contribution in [2.45, 2.75) is 78.1 Å². The smallest absolute Gasteiger partial charge is 0.256 e. The highest BCUT2D eigenvalue weighted by Crippen LogP contribution is 2.39. The van der Waals surface area contributed by atoms with Gasteiger partial charge in [0.15, 0.2) is 0 Å². The summed E-state index contributed by atoms with van der Waals surface area (Å²) in [6.45, 7) is 8.12. The molecule has 2 aliphatic rings. The van der Waals surface area contributed by atoms with Gasteiger partial charge in [0.25, 0.3) is 5.91 Å². The van der Waals surface area contributed by atoms with E-state index in [-0.39, 0.29) is 100 Å². The first kappa shape index (κ1) is 58.1. The lowest BCUT2D eigenvalue weighted by Gasteiger charge is -2.35. The van der Waals surface area contributed by atoms with Gasteiger partial charge >= 0.3 is 0 Å². The van der Waals surface area contributed by atoms with Crippen molar-refractivity contribution in [2.24, 2.45) is 5.41 Å². The summed E-state index contributed by atoms with van der Waals surface area (Å²) in [5.41, 5.74) is 6.30. The third-order valence-electron chi connectivity index (χ3n) is 13.8. The number of hydrogen-bond acceptors (Lipinski definition) is 16.